The summed E-state index contributed by atoms with van der Waals surface area (Å²) in [7, 11) is 4.79. The number of hydrogen-bond acceptors (Lipinski definition) is 8. The molecule has 4 rings (SSSR count). The molecule has 8 nitrogen and oxygen atoms in total. The third-order valence-corrected chi connectivity index (χ3v) is 6.99. The maximum absolute atomic E-state index is 11.1. The highest BCUT2D eigenvalue weighted by Gasteiger charge is 2.30. The van der Waals surface area contributed by atoms with Crippen LogP contribution in [0.25, 0.3) is 0 Å². The molecule has 0 amide bonds. The lowest BCUT2D eigenvalue weighted by atomic mass is 9.98. The largest absolute Gasteiger partial charge is 0.508 e. The van der Waals surface area contributed by atoms with Crippen LogP contribution in [0.4, 0.5) is 0 Å². The van der Waals surface area contributed by atoms with Gasteiger partial charge in [-0.3, -0.25) is 4.90 Å². The first-order valence-electron chi connectivity index (χ1n) is 12.7. The zero-order valence-electron chi connectivity index (χ0n) is 22.2. The first-order valence-corrected chi connectivity index (χ1v) is 12.7. The van der Waals surface area contributed by atoms with Gasteiger partial charge in [0, 0.05) is 25.2 Å². The smallest absolute Gasteiger partial charge is 0.203 e. The van der Waals surface area contributed by atoms with Crippen LogP contribution in [0.5, 0.6) is 23.0 Å². The van der Waals surface area contributed by atoms with Crippen molar-refractivity contribution in [2.75, 3.05) is 41.0 Å². The summed E-state index contributed by atoms with van der Waals surface area (Å²) in [4.78, 5) is 2.23. The Morgan fingerprint density at radius 2 is 1.68 bits per heavy atom. The average Bonchev–Trinajstić information content (AvgIpc) is 3.41. The van der Waals surface area contributed by atoms with Gasteiger partial charge in [0.1, 0.15) is 5.75 Å². The fourth-order valence-corrected chi connectivity index (χ4v) is 5.04. The van der Waals surface area contributed by atoms with E-state index >= 15 is 0 Å². The van der Waals surface area contributed by atoms with E-state index in [4.69, 9.17) is 18.9 Å². The number of aliphatic hydroxyl groups is 2. The van der Waals surface area contributed by atoms with Crippen molar-refractivity contribution in [3.8, 4) is 23.0 Å². The third kappa shape index (κ3) is 6.57. The summed E-state index contributed by atoms with van der Waals surface area (Å²) in [5.74, 6) is 2.01. The van der Waals surface area contributed by atoms with Gasteiger partial charge >= 0.3 is 0 Å². The van der Waals surface area contributed by atoms with Crippen molar-refractivity contribution >= 4 is 0 Å². The van der Waals surface area contributed by atoms with Gasteiger partial charge in [0.05, 0.1) is 46.8 Å². The maximum Gasteiger partial charge on any atom is 0.203 e. The molecular formula is C30H37NO7. The number of phenols is 1. The molecule has 0 aromatic heterocycles. The maximum atomic E-state index is 11.1. The minimum absolute atomic E-state index is 0.0190. The van der Waals surface area contributed by atoms with Crippen molar-refractivity contribution in [3.05, 3.63) is 82.9 Å². The number of ether oxygens (including phenoxy) is 4. The van der Waals surface area contributed by atoms with Gasteiger partial charge in [-0.25, -0.2) is 0 Å². The molecule has 3 unspecified atom stereocenters. The van der Waals surface area contributed by atoms with Crippen LogP contribution in [0.2, 0.25) is 0 Å². The Labute approximate surface area is 224 Å². The summed E-state index contributed by atoms with van der Waals surface area (Å²) in [5.41, 5.74) is 3.18. The van der Waals surface area contributed by atoms with E-state index < -0.39 is 6.10 Å². The number of aliphatic hydroxyl groups excluding tert-OH is 2. The van der Waals surface area contributed by atoms with Gasteiger partial charge in [-0.1, -0.05) is 36.4 Å². The van der Waals surface area contributed by atoms with Crippen molar-refractivity contribution in [1.82, 2.24) is 4.90 Å². The molecule has 0 aliphatic carbocycles. The number of hydrogen-bond donors (Lipinski definition) is 3. The van der Waals surface area contributed by atoms with Crippen LogP contribution >= 0.6 is 0 Å². The van der Waals surface area contributed by atoms with E-state index in [1.807, 2.05) is 30.3 Å². The Bertz CT molecular complexity index is 1160. The third-order valence-electron chi connectivity index (χ3n) is 6.99. The van der Waals surface area contributed by atoms with Gasteiger partial charge in [0.2, 0.25) is 5.75 Å². The van der Waals surface area contributed by atoms with Crippen LogP contribution in [0.1, 0.15) is 40.9 Å². The lowest BCUT2D eigenvalue weighted by molar-refractivity contribution is 0.0860. The molecule has 1 saturated heterocycles. The molecule has 38 heavy (non-hydrogen) atoms. The second-order valence-corrected chi connectivity index (χ2v) is 9.62. The van der Waals surface area contributed by atoms with Crippen molar-refractivity contribution in [3.63, 3.8) is 0 Å². The Balaban J connectivity index is 1.49. The molecule has 1 aliphatic heterocycles. The summed E-state index contributed by atoms with van der Waals surface area (Å²) < 4.78 is 22.7. The van der Waals surface area contributed by atoms with Crippen molar-refractivity contribution < 1.29 is 34.3 Å². The Kier molecular flexibility index (Phi) is 9.47. The fourth-order valence-electron chi connectivity index (χ4n) is 5.04. The molecule has 1 aliphatic rings. The Hall–Kier alpha value is -3.30. The van der Waals surface area contributed by atoms with Gasteiger partial charge in [-0.05, 0) is 53.3 Å². The van der Waals surface area contributed by atoms with E-state index in [9.17, 15) is 15.3 Å². The molecule has 3 N–H and O–H groups in total. The number of aromatic hydroxyl groups is 1. The minimum Gasteiger partial charge on any atom is -0.508 e. The number of methoxy groups -OCH3 is 3. The number of benzene rings is 3. The standard InChI is InChI=1S/C30H37NO7/c1-35-28-13-23(14-29(36-2)30(28)37-3)27-11-21(19-38-27)16-31(15-20-7-5-4-6-8-20)17-26(34)22-9-10-25(33)24(12-22)18-32/h4-10,12-14,21,26-27,32-34H,11,15-19H2,1-3H3. The van der Waals surface area contributed by atoms with Crippen molar-refractivity contribution in [2.45, 2.75) is 31.8 Å². The first kappa shape index (κ1) is 27.7. The van der Waals surface area contributed by atoms with Gasteiger partial charge in [0.15, 0.2) is 11.5 Å². The average molecular weight is 524 g/mol. The normalized spacial score (nSPS) is 17.9. The summed E-state index contributed by atoms with van der Waals surface area (Å²) in [6, 6.07) is 18.9. The highest BCUT2D eigenvalue weighted by molar-refractivity contribution is 5.54. The van der Waals surface area contributed by atoms with Crippen LogP contribution in [0, 0.1) is 5.92 Å². The van der Waals surface area contributed by atoms with E-state index in [1.54, 1.807) is 33.5 Å². The fraction of sp³-hybridized carbons (Fsp3) is 0.400. The molecule has 204 valence electrons. The second-order valence-electron chi connectivity index (χ2n) is 9.62. The zero-order chi connectivity index (χ0) is 27.1. The first-order chi connectivity index (χ1) is 18.4. The van der Waals surface area contributed by atoms with Crippen molar-refractivity contribution in [1.29, 1.82) is 0 Å². The molecule has 8 heteroatoms. The lowest BCUT2D eigenvalue weighted by Crippen LogP contribution is -2.33. The minimum atomic E-state index is -0.780. The summed E-state index contributed by atoms with van der Waals surface area (Å²) >= 11 is 0. The van der Waals surface area contributed by atoms with E-state index in [-0.39, 0.29) is 24.4 Å². The van der Waals surface area contributed by atoms with Crippen LogP contribution in [0.15, 0.2) is 60.7 Å². The topological polar surface area (TPSA) is 101 Å². The van der Waals surface area contributed by atoms with Gasteiger partial charge in [-0.2, -0.15) is 0 Å². The van der Waals surface area contributed by atoms with E-state index in [0.717, 1.165) is 24.1 Å². The van der Waals surface area contributed by atoms with Crippen LogP contribution in [0.3, 0.4) is 0 Å². The molecule has 3 aromatic rings. The van der Waals surface area contributed by atoms with E-state index in [0.29, 0.717) is 48.1 Å². The molecule has 3 atom stereocenters. The highest BCUT2D eigenvalue weighted by atomic mass is 16.5. The molecule has 3 aromatic carbocycles. The molecule has 1 heterocycles. The molecule has 0 spiro atoms. The lowest BCUT2D eigenvalue weighted by Gasteiger charge is -2.28. The summed E-state index contributed by atoms with van der Waals surface area (Å²) in [6.07, 6.45) is -0.0762. The van der Waals surface area contributed by atoms with E-state index in [2.05, 4.69) is 17.0 Å². The molecule has 1 fully saturated rings. The SMILES string of the molecule is COc1cc(C2CC(CN(Cc3ccccc3)CC(O)c3ccc(O)c(CO)c3)CO2)cc(OC)c1OC. The van der Waals surface area contributed by atoms with Gasteiger partial charge < -0.3 is 34.3 Å². The monoisotopic (exact) mass is 523 g/mol. The summed E-state index contributed by atoms with van der Waals surface area (Å²) in [6.45, 7) is 2.11. The number of nitrogens with zero attached hydrogens (tertiary/aromatic N) is 1. The van der Waals surface area contributed by atoms with Crippen LogP contribution in [-0.4, -0.2) is 61.2 Å². The Morgan fingerprint density at radius 1 is 0.974 bits per heavy atom. The van der Waals surface area contributed by atoms with Gasteiger partial charge in [0.25, 0.3) is 0 Å². The van der Waals surface area contributed by atoms with Crippen molar-refractivity contribution in [2.24, 2.45) is 5.92 Å². The molecule has 0 radical (unpaired) electrons. The highest BCUT2D eigenvalue weighted by Crippen LogP contribution is 2.43. The predicted molar refractivity (Wildman–Crippen MR) is 144 cm³/mol. The zero-order valence-corrected chi connectivity index (χ0v) is 22.2. The molecule has 0 saturated carbocycles. The predicted octanol–water partition coefficient (Wildman–Crippen LogP) is 4.22. The Morgan fingerprint density at radius 3 is 2.32 bits per heavy atom. The van der Waals surface area contributed by atoms with Crippen LogP contribution in [-0.2, 0) is 17.9 Å². The molecular weight excluding hydrogens is 486 g/mol. The summed E-state index contributed by atoms with van der Waals surface area (Å²) in [5, 5.41) is 30.5. The van der Waals surface area contributed by atoms with Crippen LogP contribution < -0.4 is 14.2 Å². The number of rotatable bonds is 12. The van der Waals surface area contributed by atoms with Gasteiger partial charge in [-0.15, -0.1) is 0 Å². The molecule has 0 bridgehead atoms. The van der Waals surface area contributed by atoms with E-state index in [1.165, 1.54) is 6.07 Å². The quantitative estimate of drug-likeness (QED) is 0.324. The second kappa shape index (κ2) is 13.0.